The number of unbranched alkanes of at least 4 members (excludes halogenated alkanes) is 8. The lowest BCUT2D eigenvalue weighted by Crippen LogP contribution is -2.37. The molecule has 2 aromatic heterocycles. The lowest BCUT2D eigenvalue weighted by atomic mass is 10.1. The molecular formula is C34H43N5O4. The van der Waals surface area contributed by atoms with Gasteiger partial charge in [0.1, 0.15) is 11.5 Å². The second-order valence-corrected chi connectivity index (χ2v) is 11.3. The summed E-state index contributed by atoms with van der Waals surface area (Å²) >= 11 is 0. The number of para-hydroxylation sites is 1. The van der Waals surface area contributed by atoms with Gasteiger partial charge in [-0.05, 0) is 30.2 Å². The van der Waals surface area contributed by atoms with Crippen molar-refractivity contribution in [3.8, 4) is 11.3 Å². The summed E-state index contributed by atoms with van der Waals surface area (Å²) in [6.07, 6.45) is 12.9. The second-order valence-electron chi connectivity index (χ2n) is 11.3. The number of carbonyl (C=O) groups is 1. The molecule has 0 amide bonds. The van der Waals surface area contributed by atoms with Crippen LogP contribution in [-0.4, -0.2) is 58.9 Å². The molecule has 9 nitrogen and oxygen atoms in total. The van der Waals surface area contributed by atoms with Crippen molar-refractivity contribution in [2.45, 2.75) is 71.3 Å². The number of hydrogen-bond donors (Lipinski definition) is 1. The molecule has 0 radical (unpaired) electrons. The molecule has 4 aromatic rings. The zero-order chi connectivity index (χ0) is 29.9. The summed E-state index contributed by atoms with van der Waals surface area (Å²) in [5, 5.41) is 9.37. The van der Waals surface area contributed by atoms with Gasteiger partial charge in [0, 0.05) is 30.1 Å². The fraction of sp³-hybridized carbons (Fsp3) is 0.471. The molecular weight excluding hydrogens is 542 g/mol. The van der Waals surface area contributed by atoms with Crippen LogP contribution < -0.4 is 10.3 Å². The van der Waals surface area contributed by atoms with E-state index in [4.69, 9.17) is 9.47 Å². The molecule has 1 aliphatic rings. The number of hydrogen-bond acceptors (Lipinski definition) is 7. The highest BCUT2D eigenvalue weighted by Gasteiger charge is 2.16. The van der Waals surface area contributed by atoms with Gasteiger partial charge in [0.25, 0.3) is 0 Å². The number of aromatic nitrogens is 4. The molecule has 228 valence electrons. The number of anilines is 1. The number of aromatic amines is 1. The number of rotatable bonds is 15. The minimum atomic E-state index is -0.295. The number of nitrogens with zero attached hydrogens (tertiary/aromatic N) is 4. The third-order valence-electron chi connectivity index (χ3n) is 8.01. The van der Waals surface area contributed by atoms with Crippen LogP contribution in [-0.2, 0) is 16.0 Å². The van der Waals surface area contributed by atoms with Crippen molar-refractivity contribution in [2.75, 3.05) is 37.8 Å². The fourth-order valence-corrected chi connectivity index (χ4v) is 5.59. The number of pyridine rings is 1. The molecule has 9 heteroatoms. The molecule has 0 aliphatic carbocycles. The summed E-state index contributed by atoms with van der Waals surface area (Å²) in [6, 6.07) is 14.8. The summed E-state index contributed by atoms with van der Waals surface area (Å²) in [5.74, 6) is 0.485. The van der Waals surface area contributed by atoms with Crippen LogP contribution in [0.2, 0.25) is 0 Å². The first kappa shape index (κ1) is 30.5. The van der Waals surface area contributed by atoms with E-state index in [1.54, 1.807) is 16.8 Å². The van der Waals surface area contributed by atoms with E-state index < -0.39 is 0 Å². The fourth-order valence-electron chi connectivity index (χ4n) is 5.59. The molecule has 0 saturated carbocycles. The SMILES string of the molecule is CCCCCCCCCCCOC(=O)c1cccc(Cn2cc(-c3cccc4c(=O)cc(N5CCOCC5)[nH]c34)nn2)c1. The Morgan fingerprint density at radius 3 is 2.49 bits per heavy atom. The molecule has 1 saturated heterocycles. The Morgan fingerprint density at radius 1 is 0.953 bits per heavy atom. The first-order valence-electron chi connectivity index (χ1n) is 15.8. The first-order valence-corrected chi connectivity index (χ1v) is 15.8. The summed E-state index contributed by atoms with van der Waals surface area (Å²) in [7, 11) is 0. The monoisotopic (exact) mass is 585 g/mol. The Morgan fingerprint density at radius 2 is 1.70 bits per heavy atom. The normalized spacial score (nSPS) is 13.5. The maximum absolute atomic E-state index is 13.0. The number of esters is 1. The van der Waals surface area contributed by atoms with Crippen molar-refractivity contribution in [1.29, 1.82) is 0 Å². The Hall–Kier alpha value is -3.98. The number of nitrogens with one attached hydrogen (secondary N) is 1. The zero-order valence-electron chi connectivity index (χ0n) is 25.2. The van der Waals surface area contributed by atoms with Gasteiger partial charge in [0.05, 0.1) is 43.6 Å². The highest BCUT2D eigenvalue weighted by atomic mass is 16.5. The average molecular weight is 586 g/mol. The molecule has 5 rings (SSSR count). The van der Waals surface area contributed by atoms with Crippen molar-refractivity contribution in [1.82, 2.24) is 20.0 Å². The van der Waals surface area contributed by atoms with Crippen LogP contribution in [0.5, 0.6) is 0 Å². The van der Waals surface area contributed by atoms with E-state index in [9.17, 15) is 9.59 Å². The molecule has 0 spiro atoms. The zero-order valence-corrected chi connectivity index (χ0v) is 25.2. The molecule has 0 unspecified atom stereocenters. The van der Waals surface area contributed by atoms with Gasteiger partial charge in [-0.25, -0.2) is 9.48 Å². The molecule has 0 atom stereocenters. The van der Waals surface area contributed by atoms with Gasteiger partial charge in [-0.1, -0.05) is 87.8 Å². The number of fused-ring (bicyclic) bond motifs is 1. The van der Waals surface area contributed by atoms with Gasteiger partial charge in [0.2, 0.25) is 0 Å². The first-order chi connectivity index (χ1) is 21.1. The van der Waals surface area contributed by atoms with Gasteiger partial charge < -0.3 is 19.4 Å². The molecule has 2 aromatic carbocycles. The van der Waals surface area contributed by atoms with E-state index in [1.165, 1.54) is 44.9 Å². The topological polar surface area (TPSA) is 102 Å². The van der Waals surface area contributed by atoms with Crippen molar-refractivity contribution < 1.29 is 14.3 Å². The average Bonchev–Trinajstić information content (AvgIpc) is 3.50. The van der Waals surface area contributed by atoms with E-state index >= 15 is 0 Å². The van der Waals surface area contributed by atoms with Crippen LogP contribution in [0.1, 0.15) is 80.6 Å². The van der Waals surface area contributed by atoms with Crippen molar-refractivity contribution in [3.05, 3.63) is 76.1 Å². The maximum Gasteiger partial charge on any atom is 0.338 e. The van der Waals surface area contributed by atoms with E-state index in [-0.39, 0.29) is 11.4 Å². The van der Waals surface area contributed by atoms with Crippen LogP contribution in [0, 0.1) is 0 Å². The summed E-state index contributed by atoms with van der Waals surface area (Å²) in [4.78, 5) is 31.2. The molecule has 1 aliphatic heterocycles. The number of ether oxygens (including phenoxy) is 2. The third-order valence-corrected chi connectivity index (χ3v) is 8.01. The van der Waals surface area contributed by atoms with Crippen LogP contribution >= 0.6 is 0 Å². The van der Waals surface area contributed by atoms with Crippen molar-refractivity contribution in [3.63, 3.8) is 0 Å². The lowest BCUT2D eigenvalue weighted by Gasteiger charge is -2.28. The van der Waals surface area contributed by atoms with Crippen LogP contribution in [0.4, 0.5) is 5.82 Å². The highest BCUT2D eigenvalue weighted by molar-refractivity contribution is 5.93. The summed E-state index contributed by atoms with van der Waals surface area (Å²) < 4.78 is 12.8. The number of H-pyrrole nitrogens is 1. The van der Waals surface area contributed by atoms with E-state index in [0.29, 0.717) is 43.0 Å². The summed E-state index contributed by atoms with van der Waals surface area (Å²) in [6.45, 7) is 5.86. The molecule has 1 N–H and O–H groups in total. The van der Waals surface area contributed by atoms with E-state index in [2.05, 4.69) is 27.1 Å². The Labute approximate surface area is 253 Å². The van der Waals surface area contributed by atoms with Gasteiger partial charge in [-0.15, -0.1) is 5.10 Å². The third kappa shape index (κ3) is 8.32. The quantitative estimate of drug-likeness (QED) is 0.128. The van der Waals surface area contributed by atoms with Gasteiger partial charge >= 0.3 is 5.97 Å². The van der Waals surface area contributed by atoms with Crippen molar-refractivity contribution >= 4 is 22.7 Å². The maximum atomic E-state index is 13.0. The Balaban J connectivity index is 1.18. The van der Waals surface area contributed by atoms with Gasteiger partial charge in [-0.3, -0.25) is 4.79 Å². The minimum Gasteiger partial charge on any atom is -0.462 e. The number of morpholine rings is 1. The molecule has 0 bridgehead atoms. The van der Waals surface area contributed by atoms with Crippen LogP contribution in [0.25, 0.3) is 22.2 Å². The molecule has 3 heterocycles. The number of carbonyl (C=O) groups excluding carboxylic acids is 1. The number of benzene rings is 2. The van der Waals surface area contributed by atoms with E-state index in [1.807, 2.05) is 42.6 Å². The van der Waals surface area contributed by atoms with Crippen LogP contribution in [0.15, 0.2) is 59.5 Å². The molecule has 43 heavy (non-hydrogen) atoms. The minimum absolute atomic E-state index is 0.0361. The van der Waals surface area contributed by atoms with Gasteiger partial charge in [-0.2, -0.15) is 0 Å². The Bertz CT molecular complexity index is 1540. The van der Waals surface area contributed by atoms with E-state index in [0.717, 1.165) is 48.4 Å². The predicted octanol–water partition coefficient (Wildman–Crippen LogP) is 6.36. The van der Waals surface area contributed by atoms with Crippen molar-refractivity contribution in [2.24, 2.45) is 0 Å². The van der Waals surface area contributed by atoms with Gasteiger partial charge in [0.15, 0.2) is 5.43 Å². The smallest absolute Gasteiger partial charge is 0.338 e. The Kier molecular flexibility index (Phi) is 11.0. The lowest BCUT2D eigenvalue weighted by molar-refractivity contribution is 0.0497. The largest absolute Gasteiger partial charge is 0.462 e. The predicted molar refractivity (Wildman–Crippen MR) is 170 cm³/mol. The standard InChI is InChI=1S/C34H43N5O4/c1-2-3-4-5-6-7-8-9-10-19-43-34(41)27-14-11-13-26(22-27)24-39-25-30(36-37-39)28-15-12-16-29-31(40)23-32(35-33(28)29)38-17-20-42-21-18-38/h11-16,22-23,25H,2-10,17-21,24H2,1H3,(H,35,40). The summed E-state index contributed by atoms with van der Waals surface area (Å²) in [5.41, 5.74) is 3.64. The van der Waals surface area contributed by atoms with Crippen LogP contribution in [0.3, 0.4) is 0 Å². The highest BCUT2D eigenvalue weighted by Crippen LogP contribution is 2.26. The molecule has 1 fully saturated rings. The second kappa shape index (κ2) is 15.5.